The number of para-hydroxylation sites is 1. The van der Waals surface area contributed by atoms with Crippen LogP contribution in [-0.4, -0.2) is 24.1 Å². The van der Waals surface area contributed by atoms with Gasteiger partial charge in [0.05, 0.1) is 11.4 Å². The maximum Gasteiger partial charge on any atom is 0.244 e. The van der Waals surface area contributed by atoms with Crippen molar-refractivity contribution in [2.75, 3.05) is 22.5 Å². The molecule has 0 fully saturated rings. The number of hydrogen-bond acceptors (Lipinski definition) is 3. The number of nitrogens with one attached hydrogen (secondary N) is 1. The fraction of sp³-hybridized carbons (Fsp3) is 0.176. The fourth-order valence-corrected chi connectivity index (χ4v) is 3.24. The molecule has 112 valence electrons. The largest absolute Gasteiger partial charge is 0.325 e. The van der Waals surface area contributed by atoms with Gasteiger partial charge in [0.15, 0.2) is 0 Å². The molecule has 4 nitrogen and oxygen atoms in total. The Hall–Kier alpha value is -2.27. The van der Waals surface area contributed by atoms with E-state index in [1.807, 2.05) is 55.5 Å². The number of hydrogen-bond donors (Lipinski definition) is 1. The molecule has 2 aromatic rings. The first kappa shape index (κ1) is 14.7. The van der Waals surface area contributed by atoms with E-state index in [1.54, 1.807) is 4.90 Å². The molecular weight excluding hydrogens is 296 g/mol. The van der Waals surface area contributed by atoms with Crippen LogP contribution in [0.3, 0.4) is 0 Å². The highest BCUT2D eigenvalue weighted by Gasteiger charge is 2.26. The van der Waals surface area contributed by atoms with Crippen molar-refractivity contribution in [2.24, 2.45) is 0 Å². The van der Waals surface area contributed by atoms with Crippen molar-refractivity contribution in [3.05, 3.63) is 54.1 Å². The lowest BCUT2D eigenvalue weighted by atomic mass is 10.2. The molecule has 0 aliphatic carbocycles. The first-order valence-electron chi connectivity index (χ1n) is 7.02. The van der Waals surface area contributed by atoms with Crippen molar-refractivity contribution in [1.29, 1.82) is 0 Å². The quantitative estimate of drug-likeness (QED) is 0.947. The van der Waals surface area contributed by atoms with Gasteiger partial charge in [0, 0.05) is 10.6 Å². The normalized spacial score (nSPS) is 13.7. The summed E-state index contributed by atoms with van der Waals surface area (Å²) >= 11 is 1.51. The van der Waals surface area contributed by atoms with Crippen molar-refractivity contribution in [2.45, 2.75) is 11.8 Å². The summed E-state index contributed by atoms with van der Waals surface area (Å²) < 4.78 is 0. The predicted octanol–water partition coefficient (Wildman–Crippen LogP) is 3.07. The third-order valence-electron chi connectivity index (χ3n) is 3.45. The average Bonchev–Trinajstić information content (AvgIpc) is 2.52. The third-order valence-corrected chi connectivity index (χ3v) is 4.49. The van der Waals surface area contributed by atoms with Gasteiger partial charge in [-0.25, -0.2) is 0 Å². The van der Waals surface area contributed by atoms with E-state index in [0.29, 0.717) is 5.75 Å². The van der Waals surface area contributed by atoms with Crippen molar-refractivity contribution < 1.29 is 9.59 Å². The van der Waals surface area contributed by atoms with Gasteiger partial charge in [-0.2, -0.15) is 0 Å². The van der Waals surface area contributed by atoms with Crippen molar-refractivity contribution in [1.82, 2.24) is 0 Å². The number of fused-ring (bicyclic) bond motifs is 1. The molecule has 0 unspecified atom stereocenters. The number of amides is 2. The highest BCUT2D eigenvalue weighted by atomic mass is 32.2. The Bertz CT molecular complexity index is 713. The Kier molecular flexibility index (Phi) is 4.15. The van der Waals surface area contributed by atoms with Gasteiger partial charge >= 0.3 is 0 Å². The van der Waals surface area contributed by atoms with E-state index in [9.17, 15) is 9.59 Å². The molecule has 0 spiro atoms. The zero-order valence-electron chi connectivity index (χ0n) is 12.2. The smallest absolute Gasteiger partial charge is 0.244 e. The second-order valence-electron chi connectivity index (χ2n) is 5.15. The molecule has 2 aromatic carbocycles. The lowest BCUT2D eigenvalue weighted by molar-refractivity contribution is -0.120. The van der Waals surface area contributed by atoms with Crippen LogP contribution in [-0.2, 0) is 9.59 Å². The molecular formula is C17H16N2O2S. The summed E-state index contributed by atoms with van der Waals surface area (Å²) in [6.07, 6.45) is 0. The Morgan fingerprint density at radius 1 is 1.18 bits per heavy atom. The molecule has 0 saturated heterocycles. The van der Waals surface area contributed by atoms with Crippen molar-refractivity contribution in [3.8, 4) is 0 Å². The van der Waals surface area contributed by atoms with Crippen molar-refractivity contribution in [3.63, 3.8) is 0 Å². The summed E-state index contributed by atoms with van der Waals surface area (Å²) in [6.45, 7) is 2.02. The van der Waals surface area contributed by atoms with E-state index in [2.05, 4.69) is 5.32 Å². The molecule has 3 rings (SSSR count). The monoisotopic (exact) mass is 312 g/mol. The minimum absolute atomic E-state index is 0.0320. The summed E-state index contributed by atoms with van der Waals surface area (Å²) in [5.41, 5.74) is 2.68. The van der Waals surface area contributed by atoms with Crippen LogP contribution in [0.1, 0.15) is 5.56 Å². The number of anilines is 2. The Labute approximate surface area is 133 Å². The van der Waals surface area contributed by atoms with Gasteiger partial charge in [-0.1, -0.05) is 29.8 Å². The summed E-state index contributed by atoms with van der Waals surface area (Å²) in [7, 11) is 0. The molecule has 1 aliphatic rings. The highest BCUT2D eigenvalue weighted by Crippen LogP contribution is 2.34. The van der Waals surface area contributed by atoms with Gasteiger partial charge < -0.3 is 10.2 Å². The number of nitrogens with zero attached hydrogens (tertiary/aromatic N) is 1. The predicted molar refractivity (Wildman–Crippen MR) is 89.3 cm³/mol. The maximum atomic E-state index is 12.2. The van der Waals surface area contributed by atoms with Crippen LogP contribution in [0, 0.1) is 6.92 Å². The number of carbonyl (C=O) groups excluding carboxylic acids is 2. The molecule has 0 radical (unpaired) electrons. The Morgan fingerprint density at radius 3 is 2.68 bits per heavy atom. The molecule has 1 heterocycles. The topological polar surface area (TPSA) is 49.4 Å². The lowest BCUT2D eigenvalue weighted by Gasteiger charge is -2.28. The van der Waals surface area contributed by atoms with E-state index >= 15 is 0 Å². The molecule has 22 heavy (non-hydrogen) atoms. The average molecular weight is 312 g/mol. The second-order valence-corrected chi connectivity index (χ2v) is 6.17. The molecule has 0 aromatic heterocycles. The number of benzene rings is 2. The number of thioether (sulfide) groups is 1. The van der Waals surface area contributed by atoms with Crippen LogP contribution >= 0.6 is 11.8 Å². The standard InChI is InChI=1S/C17H16N2O2S/c1-12-6-8-13(9-7-12)18-16(20)10-19-14-4-2-3-5-15(14)22-11-17(19)21/h2-9H,10-11H2,1H3,(H,18,20). The highest BCUT2D eigenvalue weighted by molar-refractivity contribution is 8.00. The Morgan fingerprint density at radius 2 is 1.91 bits per heavy atom. The molecule has 0 saturated carbocycles. The second kappa shape index (κ2) is 6.23. The Balaban J connectivity index is 1.73. The molecule has 0 atom stereocenters. The lowest BCUT2D eigenvalue weighted by Crippen LogP contribution is -2.41. The van der Waals surface area contributed by atoms with E-state index in [-0.39, 0.29) is 18.4 Å². The third kappa shape index (κ3) is 3.14. The first-order chi connectivity index (χ1) is 10.6. The van der Waals surface area contributed by atoms with Gasteiger partial charge in [-0.3, -0.25) is 9.59 Å². The molecule has 1 N–H and O–H groups in total. The van der Waals surface area contributed by atoms with Crippen LogP contribution in [0.4, 0.5) is 11.4 Å². The van der Waals surface area contributed by atoms with Crippen molar-refractivity contribution >= 4 is 35.0 Å². The SMILES string of the molecule is Cc1ccc(NC(=O)CN2C(=O)CSc3ccccc32)cc1. The molecule has 2 amide bonds. The van der Waals surface area contributed by atoms with E-state index in [4.69, 9.17) is 0 Å². The van der Waals surface area contributed by atoms with Crippen LogP contribution in [0.15, 0.2) is 53.4 Å². The number of carbonyl (C=O) groups is 2. The number of rotatable bonds is 3. The maximum absolute atomic E-state index is 12.2. The van der Waals surface area contributed by atoms with E-state index in [1.165, 1.54) is 11.8 Å². The zero-order chi connectivity index (χ0) is 15.5. The zero-order valence-corrected chi connectivity index (χ0v) is 13.0. The van der Waals surface area contributed by atoms with Crippen LogP contribution in [0.5, 0.6) is 0 Å². The number of aryl methyl sites for hydroxylation is 1. The van der Waals surface area contributed by atoms with Gasteiger partial charge in [-0.05, 0) is 31.2 Å². The molecule has 1 aliphatic heterocycles. The van der Waals surface area contributed by atoms with Gasteiger partial charge in [-0.15, -0.1) is 11.8 Å². The summed E-state index contributed by atoms with van der Waals surface area (Å²) in [4.78, 5) is 26.9. The summed E-state index contributed by atoms with van der Waals surface area (Å²) in [5, 5.41) is 2.83. The van der Waals surface area contributed by atoms with Crippen LogP contribution < -0.4 is 10.2 Å². The minimum atomic E-state index is -0.195. The minimum Gasteiger partial charge on any atom is -0.325 e. The van der Waals surface area contributed by atoms with E-state index in [0.717, 1.165) is 21.8 Å². The molecule has 5 heteroatoms. The van der Waals surface area contributed by atoms with E-state index < -0.39 is 0 Å². The van der Waals surface area contributed by atoms with Gasteiger partial charge in [0.2, 0.25) is 11.8 Å². The summed E-state index contributed by atoms with van der Waals surface area (Å²) in [5.74, 6) is 0.135. The van der Waals surface area contributed by atoms with Crippen LogP contribution in [0.2, 0.25) is 0 Å². The van der Waals surface area contributed by atoms with Crippen LogP contribution in [0.25, 0.3) is 0 Å². The first-order valence-corrected chi connectivity index (χ1v) is 8.01. The van der Waals surface area contributed by atoms with Gasteiger partial charge in [0.25, 0.3) is 0 Å². The van der Waals surface area contributed by atoms with Gasteiger partial charge in [0.1, 0.15) is 6.54 Å². The fourth-order valence-electron chi connectivity index (χ4n) is 2.31. The molecule has 0 bridgehead atoms. The summed E-state index contributed by atoms with van der Waals surface area (Å²) in [6, 6.07) is 15.2.